The van der Waals surface area contributed by atoms with Crippen LogP contribution in [-0.4, -0.2) is 36.5 Å². The van der Waals surface area contributed by atoms with Gasteiger partial charge in [0.05, 0.1) is 5.56 Å². The summed E-state index contributed by atoms with van der Waals surface area (Å²) in [6.07, 6.45) is 5.97. The topological polar surface area (TPSA) is 78.5 Å². The van der Waals surface area contributed by atoms with Gasteiger partial charge in [0.25, 0.3) is 5.91 Å². The first-order valence-electron chi connectivity index (χ1n) is 10.4. The number of benzene rings is 1. The first-order chi connectivity index (χ1) is 14.2. The summed E-state index contributed by atoms with van der Waals surface area (Å²) in [6.45, 7) is 5.41. The average Bonchev–Trinajstić information content (AvgIpc) is 3.22. The Kier molecular flexibility index (Phi) is 7.71. The average molecular weight is 396 g/mol. The van der Waals surface area contributed by atoms with Crippen LogP contribution >= 0.6 is 0 Å². The van der Waals surface area contributed by atoms with Crippen molar-refractivity contribution in [3.63, 3.8) is 0 Å². The fourth-order valence-electron chi connectivity index (χ4n) is 3.63. The van der Waals surface area contributed by atoms with Crippen LogP contribution in [0.1, 0.15) is 60.9 Å². The smallest absolute Gasteiger partial charge is 0.286 e. The van der Waals surface area contributed by atoms with Gasteiger partial charge in [-0.25, -0.2) is 0 Å². The van der Waals surface area contributed by atoms with Crippen molar-refractivity contribution in [2.45, 2.75) is 51.7 Å². The van der Waals surface area contributed by atoms with Gasteiger partial charge in [-0.05, 0) is 70.0 Å². The molecule has 0 bridgehead atoms. The summed E-state index contributed by atoms with van der Waals surface area (Å²) in [5.41, 5.74) is 0.468. The lowest BCUT2D eigenvalue weighted by molar-refractivity contribution is 0.0920. The molecule has 1 fully saturated rings. The Bertz CT molecular complexity index is 840. The van der Waals surface area contributed by atoms with E-state index in [0.29, 0.717) is 29.7 Å². The first kappa shape index (κ1) is 20.9. The number of hydrogen-bond donors (Lipinski definition) is 1. The molecule has 0 saturated carbocycles. The predicted molar refractivity (Wildman–Crippen MR) is 111 cm³/mol. The molecule has 2 heterocycles. The summed E-state index contributed by atoms with van der Waals surface area (Å²) in [7, 11) is 0. The number of nitrogens with zero attached hydrogens (tertiary/aromatic N) is 2. The summed E-state index contributed by atoms with van der Waals surface area (Å²) in [4.78, 5) is 14.8. The van der Waals surface area contributed by atoms with E-state index in [1.807, 2.05) is 6.07 Å². The van der Waals surface area contributed by atoms with Gasteiger partial charge < -0.3 is 19.4 Å². The van der Waals surface area contributed by atoms with Crippen molar-refractivity contribution in [1.29, 1.82) is 5.26 Å². The maximum atomic E-state index is 12.3. The van der Waals surface area contributed by atoms with Crippen LogP contribution in [-0.2, 0) is 6.61 Å². The first-order valence-corrected chi connectivity index (χ1v) is 10.4. The maximum Gasteiger partial charge on any atom is 0.286 e. The van der Waals surface area contributed by atoms with E-state index < -0.39 is 0 Å². The zero-order valence-electron chi connectivity index (χ0n) is 17.0. The second-order valence-corrected chi connectivity index (χ2v) is 7.51. The number of para-hydroxylation sites is 1. The monoisotopic (exact) mass is 395 g/mol. The van der Waals surface area contributed by atoms with Gasteiger partial charge in [-0.15, -0.1) is 0 Å². The Labute approximate surface area is 172 Å². The zero-order chi connectivity index (χ0) is 20.5. The minimum atomic E-state index is -0.208. The van der Waals surface area contributed by atoms with Crippen molar-refractivity contribution in [3.8, 4) is 11.8 Å². The fraction of sp³-hybridized carbons (Fsp3) is 0.478. The van der Waals surface area contributed by atoms with Crippen LogP contribution < -0.4 is 10.1 Å². The van der Waals surface area contributed by atoms with Gasteiger partial charge >= 0.3 is 0 Å². The third-order valence-electron chi connectivity index (χ3n) is 5.36. The standard InChI is InChI=1S/C23H29N3O3/c1-18-8-4-6-14-26(18)15-7-5-13-25-23(27)22-12-11-20(29-22)17-28-21-10-3-2-9-19(21)16-24/h2-3,9-12,18H,4-8,13-15,17H2,1H3,(H,25,27). The van der Waals surface area contributed by atoms with E-state index in [-0.39, 0.29) is 18.3 Å². The number of carbonyl (C=O) groups excluding carboxylic acids is 1. The number of likely N-dealkylation sites (tertiary alicyclic amines) is 1. The number of unbranched alkanes of at least 4 members (excludes halogenated alkanes) is 1. The van der Waals surface area contributed by atoms with Crippen LogP contribution in [0.5, 0.6) is 5.75 Å². The number of amides is 1. The number of furan rings is 1. The molecule has 1 saturated heterocycles. The lowest BCUT2D eigenvalue weighted by atomic mass is 10.0. The van der Waals surface area contributed by atoms with Crippen LogP contribution in [0.4, 0.5) is 0 Å². The predicted octanol–water partition coefficient (Wildman–Crippen LogP) is 4.11. The summed E-state index contributed by atoms with van der Waals surface area (Å²) >= 11 is 0. The Balaban J connectivity index is 1.37. The number of nitriles is 1. The largest absolute Gasteiger partial charge is 0.484 e. The molecule has 0 radical (unpaired) electrons. The molecule has 2 aromatic rings. The molecule has 0 spiro atoms. The van der Waals surface area contributed by atoms with Gasteiger partial charge in [0, 0.05) is 12.6 Å². The second-order valence-electron chi connectivity index (χ2n) is 7.51. The third kappa shape index (κ3) is 6.10. The molecule has 1 atom stereocenters. The van der Waals surface area contributed by atoms with E-state index >= 15 is 0 Å². The second kappa shape index (κ2) is 10.7. The molecule has 1 aromatic heterocycles. The highest BCUT2D eigenvalue weighted by molar-refractivity contribution is 5.91. The van der Waals surface area contributed by atoms with Gasteiger partial charge in [-0.3, -0.25) is 4.79 Å². The molecule has 1 aliphatic rings. The van der Waals surface area contributed by atoms with E-state index in [9.17, 15) is 4.79 Å². The van der Waals surface area contributed by atoms with E-state index in [4.69, 9.17) is 14.4 Å². The van der Waals surface area contributed by atoms with Crippen LogP contribution in [0, 0.1) is 11.3 Å². The van der Waals surface area contributed by atoms with Gasteiger partial charge in [0.1, 0.15) is 24.2 Å². The maximum absolute atomic E-state index is 12.3. The number of hydrogen-bond acceptors (Lipinski definition) is 5. The molecule has 154 valence electrons. The van der Waals surface area contributed by atoms with Crippen LogP contribution in [0.15, 0.2) is 40.8 Å². The number of carbonyl (C=O) groups is 1. The molecular formula is C23H29N3O3. The molecule has 6 nitrogen and oxygen atoms in total. The summed E-state index contributed by atoms with van der Waals surface area (Å²) in [5.74, 6) is 1.12. The molecule has 1 aliphatic heterocycles. The van der Waals surface area contributed by atoms with Gasteiger partial charge in [0.2, 0.25) is 0 Å². The normalized spacial score (nSPS) is 16.9. The lowest BCUT2D eigenvalue weighted by Gasteiger charge is -2.33. The van der Waals surface area contributed by atoms with Crippen molar-refractivity contribution in [2.24, 2.45) is 0 Å². The van der Waals surface area contributed by atoms with E-state index in [2.05, 4.69) is 23.2 Å². The number of nitrogens with one attached hydrogen (secondary N) is 1. The Morgan fingerprint density at radius 1 is 1.28 bits per heavy atom. The zero-order valence-corrected chi connectivity index (χ0v) is 17.0. The van der Waals surface area contributed by atoms with Gasteiger partial charge in [-0.2, -0.15) is 5.26 Å². The van der Waals surface area contributed by atoms with E-state index in [1.54, 1.807) is 30.3 Å². The molecule has 1 unspecified atom stereocenters. The summed E-state index contributed by atoms with van der Waals surface area (Å²) in [6, 6.07) is 13.2. The van der Waals surface area contributed by atoms with Crippen LogP contribution in [0.25, 0.3) is 0 Å². The molecule has 1 aromatic carbocycles. The van der Waals surface area contributed by atoms with Crippen LogP contribution in [0.2, 0.25) is 0 Å². The highest BCUT2D eigenvalue weighted by Crippen LogP contribution is 2.19. The van der Waals surface area contributed by atoms with Crippen molar-refractivity contribution in [3.05, 3.63) is 53.5 Å². The molecule has 1 N–H and O–H groups in total. The molecule has 6 heteroatoms. The molecule has 3 rings (SSSR count). The minimum Gasteiger partial charge on any atom is -0.484 e. The Morgan fingerprint density at radius 2 is 2.14 bits per heavy atom. The van der Waals surface area contributed by atoms with Crippen molar-refractivity contribution in [1.82, 2.24) is 10.2 Å². The molecule has 1 amide bonds. The number of piperidine rings is 1. The summed E-state index contributed by atoms with van der Waals surface area (Å²) < 4.78 is 11.2. The van der Waals surface area contributed by atoms with Crippen molar-refractivity contribution >= 4 is 5.91 Å². The Morgan fingerprint density at radius 3 is 2.97 bits per heavy atom. The lowest BCUT2D eigenvalue weighted by Crippen LogP contribution is -2.38. The van der Waals surface area contributed by atoms with E-state index in [0.717, 1.165) is 19.4 Å². The van der Waals surface area contributed by atoms with Gasteiger partial charge in [-0.1, -0.05) is 18.6 Å². The summed E-state index contributed by atoms with van der Waals surface area (Å²) in [5, 5.41) is 12.0. The van der Waals surface area contributed by atoms with Crippen molar-refractivity contribution < 1.29 is 13.9 Å². The highest BCUT2D eigenvalue weighted by atomic mass is 16.5. The minimum absolute atomic E-state index is 0.167. The quantitative estimate of drug-likeness (QED) is 0.646. The Hall–Kier alpha value is -2.78. The number of rotatable bonds is 9. The van der Waals surface area contributed by atoms with Gasteiger partial charge in [0.15, 0.2) is 5.76 Å². The molecule has 29 heavy (non-hydrogen) atoms. The highest BCUT2D eigenvalue weighted by Gasteiger charge is 2.17. The third-order valence-corrected chi connectivity index (χ3v) is 5.36. The van der Waals surface area contributed by atoms with Crippen LogP contribution in [0.3, 0.4) is 0 Å². The number of ether oxygens (including phenoxy) is 1. The van der Waals surface area contributed by atoms with E-state index in [1.165, 1.54) is 25.8 Å². The fourth-order valence-corrected chi connectivity index (χ4v) is 3.63. The molecular weight excluding hydrogens is 366 g/mol. The molecule has 0 aliphatic carbocycles. The van der Waals surface area contributed by atoms with Crippen molar-refractivity contribution in [2.75, 3.05) is 19.6 Å². The SMILES string of the molecule is CC1CCCCN1CCCCNC(=O)c1ccc(COc2ccccc2C#N)o1.